The van der Waals surface area contributed by atoms with Crippen LogP contribution >= 0.6 is 11.8 Å². The van der Waals surface area contributed by atoms with Crippen molar-refractivity contribution in [2.45, 2.75) is 57.6 Å². The van der Waals surface area contributed by atoms with Crippen LogP contribution < -0.4 is 4.98 Å². The average molecular weight is 385 g/mol. The van der Waals surface area contributed by atoms with Gasteiger partial charge in [-0.25, -0.2) is 4.79 Å². The van der Waals surface area contributed by atoms with E-state index in [9.17, 15) is 9.59 Å². The maximum absolute atomic E-state index is 12.7. The Morgan fingerprint density at radius 3 is 2.42 bits per heavy atom. The summed E-state index contributed by atoms with van der Waals surface area (Å²) in [4.78, 5) is 30.6. The number of fused-ring (bicyclic) bond motifs is 1. The molecule has 24 heavy (non-hydrogen) atoms. The summed E-state index contributed by atoms with van der Waals surface area (Å²) in [6, 6.07) is -0.191. The molecule has 2 rings (SSSR count). The molecule has 2 aliphatic rings. The molecule has 0 unspecified atom stereocenters. The monoisotopic (exact) mass is 384 g/mol. The van der Waals surface area contributed by atoms with Crippen LogP contribution in [0.25, 0.3) is 0 Å². The van der Waals surface area contributed by atoms with Gasteiger partial charge >= 0.3 is 5.97 Å². The van der Waals surface area contributed by atoms with Crippen LogP contribution in [0.2, 0.25) is 39.3 Å². The normalized spacial score (nSPS) is 25.0. The summed E-state index contributed by atoms with van der Waals surface area (Å²) in [5, 5.41) is -0.0117. The number of nitrogens with zero attached hydrogens (tertiary/aromatic N) is 1. The minimum atomic E-state index is -2.02. The summed E-state index contributed by atoms with van der Waals surface area (Å²) in [5.41, 5.74) is 1.32. The average Bonchev–Trinajstić information content (AvgIpc) is 2.41. The molecule has 1 saturated heterocycles. The van der Waals surface area contributed by atoms with Gasteiger partial charge in [-0.05, 0) is 32.1 Å². The van der Waals surface area contributed by atoms with E-state index < -0.39 is 16.6 Å². The Morgan fingerprint density at radius 1 is 1.29 bits per heavy atom. The summed E-state index contributed by atoms with van der Waals surface area (Å²) in [6.07, 6.45) is 3.82. The molecule has 5 nitrogen and oxygen atoms in total. The molecule has 0 radical (unpaired) electrons. The smallest absolute Gasteiger partial charge is 0.342 e. The van der Waals surface area contributed by atoms with Crippen LogP contribution in [0.4, 0.5) is 0 Å². The largest absolute Gasteiger partial charge is 0.515 e. The lowest BCUT2D eigenvalue weighted by molar-refractivity contribution is -0.147. The van der Waals surface area contributed by atoms with Gasteiger partial charge in [-0.1, -0.05) is 31.8 Å². The first-order valence-corrected chi connectivity index (χ1v) is 16.2. The fraction of sp³-hybridized carbons (Fsp3) is 0.625. The standard InChI is InChI=1S/C16H28N2O3SSi2/c1-8-9-11-10-22-15-12(17-23(2,3)4)14(19)18(15)13(11)16(20)21-24(5,6)7/h8-9,12,15,17H,10H2,1-7H3/b9-8-/t12-,15+/m0/s1. The topological polar surface area (TPSA) is 58.6 Å². The van der Waals surface area contributed by atoms with E-state index in [1.807, 2.05) is 38.7 Å². The number of thioether (sulfide) groups is 1. The number of hydrogen-bond acceptors (Lipinski definition) is 5. The molecule has 1 fully saturated rings. The predicted molar refractivity (Wildman–Crippen MR) is 105 cm³/mol. The molecule has 2 heterocycles. The van der Waals surface area contributed by atoms with Crippen molar-refractivity contribution in [1.29, 1.82) is 0 Å². The molecule has 1 N–H and O–H groups in total. The number of carbonyl (C=O) groups is 2. The molecule has 0 bridgehead atoms. The van der Waals surface area contributed by atoms with Crippen LogP contribution in [-0.4, -0.2) is 50.5 Å². The quantitative estimate of drug-likeness (QED) is 0.583. The lowest BCUT2D eigenvalue weighted by Crippen LogP contribution is -2.73. The van der Waals surface area contributed by atoms with Crippen molar-refractivity contribution >= 4 is 40.2 Å². The molecule has 0 aliphatic carbocycles. The van der Waals surface area contributed by atoms with Gasteiger partial charge in [0, 0.05) is 5.75 Å². The van der Waals surface area contributed by atoms with E-state index in [-0.39, 0.29) is 23.3 Å². The molecule has 0 spiro atoms. The van der Waals surface area contributed by atoms with Crippen molar-refractivity contribution in [3.8, 4) is 0 Å². The Bertz CT molecular complexity index is 605. The van der Waals surface area contributed by atoms with E-state index in [1.54, 1.807) is 16.7 Å². The maximum Gasteiger partial charge on any atom is 0.342 e. The highest BCUT2D eigenvalue weighted by molar-refractivity contribution is 8.00. The first-order chi connectivity index (χ1) is 10.9. The van der Waals surface area contributed by atoms with Crippen LogP contribution in [0.15, 0.2) is 23.4 Å². The third-order valence-electron chi connectivity index (χ3n) is 3.55. The first-order valence-electron chi connectivity index (χ1n) is 8.26. The first kappa shape index (κ1) is 19.5. The van der Waals surface area contributed by atoms with Gasteiger partial charge in [0.1, 0.15) is 25.3 Å². The van der Waals surface area contributed by atoms with Gasteiger partial charge in [-0.15, -0.1) is 11.8 Å². The van der Waals surface area contributed by atoms with Gasteiger partial charge < -0.3 is 9.41 Å². The van der Waals surface area contributed by atoms with Gasteiger partial charge in [0.05, 0.1) is 0 Å². The highest BCUT2D eigenvalue weighted by atomic mass is 32.2. The third kappa shape index (κ3) is 4.22. The Hall–Kier alpha value is -0.836. The number of amides is 1. The number of β-lactam (4-membered cyclic amide) rings is 1. The highest BCUT2D eigenvalue weighted by Crippen LogP contribution is 2.41. The lowest BCUT2D eigenvalue weighted by Gasteiger charge is -2.51. The van der Waals surface area contributed by atoms with Crippen LogP contribution in [0.5, 0.6) is 0 Å². The van der Waals surface area contributed by atoms with Gasteiger partial charge in [-0.3, -0.25) is 9.69 Å². The van der Waals surface area contributed by atoms with Crippen molar-refractivity contribution in [1.82, 2.24) is 9.88 Å². The summed E-state index contributed by atoms with van der Waals surface area (Å²) < 4.78 is 5.68. The second-order valence-corrected chi connectivity index (χ2v) is 18.5. The number of allylic oxidation sites excluding steroid dienone is 2. The second-order valence-electron chi connectivity index (χ2n) is 8.16. The number of nitrogens with one attached hydrogen (secondary N) is 1. The van der Waals surface area contributed by atoms with E-state index in [2.05, 4.69) is 24.6 Å². The van der Waals surface area contributed by atoms with Crippen molar-refractivity contribution in [3.05, 3.63) is 23.4 Å². The minimum Gasteiger partial charge on any atom is -0.515 e. The number of carbonyl (C=O) groups excluding carboxylic acids is 2. The van der Waals surface area contributed by atoms with Crippen molar-refractivity contribution < 1.29 is 14.0 Å². The van der Waals surface area contributed by atoms with Crippen LogP contribution in [0, 0.1) is 0 Å². The van der Waals surface area contributed by atoms with E-state index in [1.165, 1.54) is 0 Å². The zero-order chi connectivity index (χ0) is 18.3. The highest BCUT2D eigenvalue weighted by Gasteiger charge is 2.54. The molecule has 0 aromatic rings. The third-order valence-corrected chi connectivity index (χ3v) is 6.82. The van der Waals surface area contributed by atoms with Gasteiger partial charge in [0.2, 0.25) is 14.2 Å². The summed E-state index contributed by atoms with van der Waals surface area (Å²) in [7, 11) is -3.60. The summed E-state index contributed by atoms with van der Waals surface area (Å²) >= 11 is 1.71. The summed E-state index contributed by atoms with van der Waals surface area (Å²) in [5.74, 6) is 0.352. The Kier molecular flexibility index (Phi) is 5.53. The molecule has 0 saturated carbocycles. The van der Waals surface area contributed by atoms with E-state index in [0.29, 0.717) is 5.70 Å². The number of rotatable bonds is 5. The Labute approximate surface area is 151 Å². The summed E-state index contributed by atoms with van der Waals surface area (Å²) in [6.45, 7) is 14.4. The van der Waals surface area contributed by atoms with Crippen LogP contribution in [0.1, 0.15) is 6.92 Å². The molecule has 134 valence electrons. The zero-order valence-corrected chi connectivity index (χ0v) is 18.4. The predicted octanol–water partition coefficient (Wildman–Crippen LogP) is 2.90. The fourth-order valence-electron chi connectivity index (χ4n) is 2.75. The van der Waals surface area contributed by atoms with Crippen molar-refractivity contribution in [3.63, 3.8) is 0 Å². The van der Waals surface area contributed by atoms with Crippen molar-refractivity contribution in [2.24, 2.45) is 0 Å². The number of hydrogen-bond donors (Lipinski definition) is 1. The molecule has 2 atom stereocenters. The molecular formula is C16H28N2O3SSi2. The van der Waals surface area contributed by atoms with Crippen molar-refractivity contribution in [2.75, 3.05) is 5.75 Å². The van der Waals surface area contributed by atoms with E-state index in [0.717, 1.165) is 11.3 Å². The van der Waals surface area contributed by atoms with Gasteiger partial charge in [0.15, 0.2) is 0 Å². The fourth-order valence-corrected chi connectivity index (χ4v) is 6.06. The molecule has 8 heteroatoms. The lowest BCUT2D eigenvalue weighted by atomic mass is 10.0. The van der Waals surface area contributed by atoms with E-state index >= 15 is 0 Å². The van der Waals surface area contributed by atoms with Crippen LogP contribution in [0.3, 0.4) is 0 Å². The van der Waals surface area contributed by atoms with Gasteiger partial charge in [0.25, 0.3) is 0 Å². The Balaban J connectivity index is 2.31. The Morgan fingerprint density at radius 2 is 1.92 bits per heavy atom. The molecular weight excluding hydrogens is 356 g/mol. The molecule has 1 amide bonds. The molecule has 0 aromatic carbocycles. The zero-order valence-electron chi connectivity index (χ0n) is 15.6. The van der Waals surface area contributed by atoms with Crippen LogP contribution in [-0.2, 0) is 14.0 Å². The minimum absolute atomic E-state index is 0.0117. The second kappa shape index (κ2) is 6.82. The maximum atomic E-state index is 12.7. The molecule has 0 aromatic heterocycles. The van der Waals surface area contributed by atoms with E-state index in [4.69, 9.17) is 4.43 Å². The van der Waals surface area contributed by atoms with Gasteiger partial charge in [-0.2, -0.15) is 0 Å². The molecule has 2 aliphatic heterocycles. The SMILES string of the molecule is C/C=C\C1=C(C(=O)O[Si](C)(C)C)N2C(=O)[C@H](N[Si](C)(C)C)[C@H]2SC1.